The highest BCUT2D eigenvalue weighted by molar-refractivity contribution is 8.01. The van der Waals surface area contributed by atoms with Crippen molar-refractivity contribution in [1.29, 1.82) is 0 Å². The first-order valence-corrected chi connectivity index (χ1v) is 8.86. The quantitative estimate of drug-likeness (QED) is 0.858. The maximum absolute atomic E-state index is 12.1. The summed E-state index contributed by atoms with van der Waals surface area (Å²) in [5.41, 5.74) is 0. The average Bonchev–Trinajstić information content (AvgIpc) is 2.96. The van der Waals surface area contributed by atoms with E-state index in [-0.39, 0.29) is 10.7 Å². The van der Waals surface area contributed by atoms with Crippen LogP contribution in [0.15, 0.2) is 0 Å². The third-order valence-electron chi connectivity index (χ3n) is 5.41. The SMILES string of the molecule is CC(C)(C)SCC(=O)N[C@@H]1C[C@H]2C[C@H]1[C@@H]1CCC[C@H]21. The standard InChI is InChI=1S/C16H27NOS/c1-16(2,3)19-9-15(18)17-14-8-10-7-13(14)12-6-4-5-11(10)12/h10-14H,4-9H2,1-3H3,(H,17,18)/t10-,11-,12-,13+,14-/m1/s1. The van der Waals surface area contributed by atoms with Gasteiger partial charge in [-0.15, -0.1) is 11.8 Å². The van der Waals surface area contributed by atoms with Gasteiger partial charge in [0, 0.05) is 10.8 Å². The van der Waals surface area contributed by atoms with Gasteiger partial charge < -0.3 is 5.32 Å². The van der Waals surface area contributed by atoms with Crippen LogP contribution in [0.4, 0.5) is 0 Å². The van der Waals surface area contributed by atoms with Gasteiger partial charge in [-0.25, -0.2) is 0 Å². The summed E-state index contributed by atoms with van der Waals surface area (Å²) in [5.74, 6) is 4.57. The van der Waals surface area contributed by atoms with Crippen molar-refractivity contribution in [2.75, 3.05) is 5.75 Å². The molecule has 2 bridgehead atoms. The average molecular weight is 281 g/mol. The van der Waals surface area contributed by atoms with Crippen molar-refractivity contribution in [3.8, 4) is 0 Å². The Morgan fingerprint density at radius 3 is 2.63 bits per heavy atom. The van der Waals surface area contributed by atoms with Crippen LogP contribution in [0, 0.1) is 23.7 Å². The van der Waals surface area contributed by atoms with Gasteiger partial charge >= 0.3 is 0 Å². The Morgan fingerprint density at radius 2 is 1.89 bits per heavy atom. The topological polar surface area (TPSA) is 29.1 Å². The summed E-state index contributed by atoms with van der Waals surface area (Å²) < 4.78 is 0.183. The molecule has 3 heteroatoms. The van der Waals surface area contributed by atoms with Gasteiger partial charge in [0.15, 0.2) is 0 Å². The van der Waals surface area contributed by atoms with E-state index in [0.717, 1.165) is 23.7 Å². The smallest absolute Gasteiger partial charge is 0.230 e. The molecule has 1 N–H and O–H groups in total. The minimum Gasteiger partial charge on any atom is -0.352 e. The minimum absolute atomic E-state index is 0.183. The Bertz CT molecular complexity index is 362. The van der Waals surface area contributed by atoms with Crippen LogP contribution in [0.2, 0.25) is 0 Å². The number of carbonyl (C=O) groups excluding carboxylic acids is 1. The van der Waals surface area contributed by atoms with Crippen molar-refractivity contribution in [3.05, 3.63) is 0 Å². The summed E-state index contributed by atoms with van der Waals surface area (Å²) in [6, 6.07) is 0.498. The molecular formula is C16H27NOS. The molecule has 108 valence electrons. The first-order chi connectivity index (χ1) is 8.94. The number of nitrogens with one attached hydrogen (secondary N) is 1. The molecule has 3 aliphatic carbocycles. The third kappa shape index (κ3) is 2.81. The van der Waals surface area contributed by atoms with E-state index in [4.69, 9.17) is 0 Å². The number of fused-ring (bicyclic) bond motifs is 5. The molecular weight excluding hydrogens is 254 g/mol. The van der Waals surface area contributed by atoms with Crippen LogP contribution in [0.5, 0.6) is 0 Å². The maximum atomic E-state index is 12.1. The van der Waals surface area contributed by atoms with Gasteiger partial charge in [0.25, 0.3) is 0 Å². The molecule has 1 amide bonds. The lowest BCUT2D eigenvalue weighted by Crippen LogP contribution is -2.43. The van der Waals surface area contributed by atoms with E-state index < -0.39 is 0 Å². The van der Waals surface area contributed by atoms with Crippen LogP contribution in [-0.2, 0) is 4.79 Å². The molecule has 2 nitrogen and oxygen atoms in total. The van der Waals surface area contributed by atoms with Gasteiger partial charge in [-0.2, -0.15) is 0 Å². The molecule has 0 saturated heterocycles. The van der Waals surface area contributed by atoms with Crippen molar-refractivity contribution < 1.29 is 4.79 Å². The lowest BCUT2D eigenvalue weighted by molar-refractivity contribution is -0.119. The summed E-state index contributed by atoms with van der Waals surface area (Å²) >= 11 is 1.75. The van der Waals surface area contributed by atoms with E-state index in [9.17, 15) is 4.79 Å². The summed E-state index contributed by atoms with van der Waals surface area (Å²) in [7, 11) is 0. The van der Waals surface area contributed by atoms with Gasteiger partial charge in [-0.1, -0.05) is 27.2 Å². The second-order valence-corrected chi connectivity index (χ2v) is 9.53. The van der Waals surface area contributed by atoms with E-state index in [2.05, 4.69) is 26.1 Å². The molecule has 19 heavy (non-hydrogen) atoms. The van der Waals surface area contributed by atoms with E-state index in [1.807, 2.05) is 0 Å². The normalized spacial score (nSPS) is 40.5. The molecule has 3 aliphatic rings. The lowest BCUT2D eigenvalue weighted by atomic mass is 9.79. The van der Waals surface area contributed by atoms with Crippen molar-refractivity contribution in [2.24, 2.45) is 23.7 Å². The Morgan fingerprint density at radius 1 is 1.16 bits per heavy atom. The molecule has 3 saturated carbocycles. The van der Waals surface area contributed by atoms with Crippen LogP contribution in [0.25, 0.3) is 0 Å². The number of thioether (sulfide) groups is 1. The molecule has 0 unspecified atom stereocenters. The van der Waals surface area contributed by atoms with E-state index in [1.165, 1.54) is 32.1 Å². The van der Waals surface area contributed by atoms with Crippen molar-refractivity contribution in [1.82, 2.24) is 5.32 Å². The zero-order valence-corrected chi connectivity index (χ0v) is 13.3. The monoisotopic (exact) mass is 281 g/mol. The first kappa shape index (κ1) is 13.8. The molecule has 0 radical (unpaired) electrons. The Kier molecular flexibility index (Phi) is 3.61. The largest absolute Gasteiger partial charge is 0.352 e. The summed E-state index contributed by atoms with van der Waals surface area (Å²) in [6.07, 6.45) is 6.98. The molecule has 0 aromatic carbocycles. The van der Waals surface area contributed by atoms with Crippen molar-refractivity contribution in [2.45, 2.75) is 63.7 Å². The van der Waals surface area contributed by atoms with Gasteiger partial charge in [-0.3, -0.25) is 4.79 Å². The molecule has 0 aromatic heterocycles. The minimum atomic E-state index is 0.183. The predicted molar refractivity (Wildman–Crippen MR) is 81.2 cm³/mol. The van der Waals surface area contributed by atoms with Crippen LogP contribution in [0.1, 0.15) is 52.9 Å². The number of amides is 1. The zero-order valence-electron chi connectivity index (χ0n) is 12.4. The van der Waals surface area contributed by atoms with Crippen LogP contribution in [0.3, 0.4) is 0 Å². The van der Waals surface area contributed by atoms with Gasteiger partial charge in [0.2, 0.25) is 5.91 Å². The van der Waals surface area contributed by atoms with Gasteiger partial charge in [-0.05, 0) is 49.4 Å². The highest BCUT2D eigenvalue weighted by Gasteiger charge is 2.53. The molecule has 0 spiro atoms. The summed E-state index contributed by atoms with van der Waals surface area (Å²) in [5, 5.41) is 3.34. The second kappa shape index (κ2) is 4.98. The van der Waals surface area contributed by atoms with E-state index in [0.29, 0.717) is 11.8 Å². The fourth-order valence-electron chi connectivity index (χ4n) is 4.76. The van der Waals surface area contributed by atoms with E-state index in [1.54, 1.807) is 11.8 Å². The summed E-state index contributed by atoms with van der Waals surface area (Å²) in [6.45, 7) is 6.52. The zero-order chi connectivity index (χ0) is 13.6. The third-order valence-corrected chi connectivity index (χ3v) is 6.68. The second-order valence-electron chi connectivity index (χ2n) is 7.73. The fraction of sp³-hybridized carbons (Fsp3) is 0.938. The number of hydrogen-bond acceptors (Lipinski definition) is 2. The lowest BCUT2D eigenvalue weighted by Gasteiger charge is -2.32. The number of rotatable bonds is 3. The Hall–Kier alpha value is -0.180. The maximum Gasteiger partial charge on any atom is 0.230 e. The fourth-order valence-corrected chi connectivity index (χ4v) is 5.41. The molecule has 0 heterocycles. The van der Waals surface area contributed by atoms with Crippen LogP contribution in [-0.4, -0.2) is 22.4 Å². The van der Waals surface area contributed by atoms with Gasteiger partial charge in [0.05, 0.1) is 5.75 Å². The Balaban J connectivity index is 1.51. The summed E-state index contributed by atoms with van der Waals surface area (Å²) in [4.78, 5) is 12.1. The molecule has 0 aromatic rings. The molecule has 5 atom stereocenters. The van der Waals surface area contributed by atoms with E-state index >= 15 is 0 Å². The molecule has 3 fully saturated rings. The predicted octanol–water partition coefficient (Wildman–Crippen LogP) is 3.46. The number of hydrogen-bond donors (Lipinski definition) is 1. The number of carbonyl (C=O) groups is 1. The Labute approximate surface area is 121 Å². The molecule has 3 rings (SSSR count). The van der Waals surface area contributed by atoms with Gasteiger partial charge in [0.1, 0.15) is 0 Å². The highest BCUT2D eigenvalue weighted by atomic mass is 32.2. The van der Waals surface area contributed by atoms with Crippen LogP contribution >= 0.6 is 11.8 Å². The first-order valence-electron chi connectivity index (χ1n) is 7.87. The van der Waals surface area contributed by atoms with Crippen LogP contribution < -0.4 is 5.32 Å². The molecule has 0 aliphatic heterocycles. The van der Waals surface area contributed by atoms with Crippen molar-refractivity contribution in [3.63, 3.8) is 0 Å². The highest BCUT2D eigenvalue weighted by Crippen LogP contribution is 2.58. The van der Waals surface area contributed by atoms with Crippen molar-refractivity contribution >= 4 is 17.7 Å².